The van der Waals surface area contributed by atoms with E-state index in [2.05, 4.69) is 32.3 Å². The Morgan fingerprint density at radius 1 is 1.50 bits per heavy atom. The van der Waals surface area contributed by atoms with Gasteiger partial charge < -0.3 is 5.11 Å². The van der Waals surface area contributed by atoms with Gasteiger partial charge in [-0.1, -0.05) is 43.6 Å². The van der Waals surface area contributed by atoms with E-state index in [4.69, 9.17) is 5.11 Å². The Hall–Kier alpha value is -0.343. The van der Waals surface area contributed by atoms with E-state index in [-0.39, 0.29) is 6.10 Å². The summed E-state index contributed by atoms with van der Waals surface area (Å²) in [4.78, 5) is 0. The summed E-state index contributed by atoms with van der Waals surface area (Å²) >= 11 is 0. The molecule has 0 bridgehead atoms. The van der Waals surface area contributed by atoms with Crippen LogP contribution in [0.4, 0.5) is 0 Å². The number of hydrogen-bond acceptors (Lipinski definition) is 1. The van der Waals surface area contributed by atoms with E-state index in [1.165, 1.54) is 5.20 Å². The van der Waals surface area contributed by atoms with E-state index in [1.54, 1.807) is 6.92 Å². The van der Waals surface area contributed by atoms with Gasteiger partial charge in [0.05, 0.1) is 14.2 Å². The van der Waals surface area contributed by atoms with Crippen molar-refractivity contribution in [3.8, 4) is 0 Å². The van der Waals surface area contributed by atoms with E-state index in [9.17, 15) is 0 Å². The van der Waals surface area contributed by atoms with Crippen molar-refractivity contribution in [2.24, 2.45) is 0 Å². The molecule has 1 atom stereocenters. The van der Waals surface area contributed by atoms with Crippen LogP contribution in [0.25, 0.3) is 0 Å². The Balaban J connectivity index is 4.34. The van der Waals surface area contributed by atoms with Crippen molar-refractivity contribution in [2.75, 3.05) is 0 Å². The van der Waals surface area contributed by atoms with Gasteiger partial charge in [-0.05, 0) is 13.3 Å². The summed E-state index contributed by atoms with van der Waals surface area (Å²) in [7, 11) is -1.22. The van der Waals surface area contributed by atoms with E-state index in [1.807, 2.05) is 6.08 Å². The lowest BCUT2D eigenvalue weighted by Crippen LogP contribution is -2.22. The van der Waals surface area contributed by atoms with Gasteiger partial charge in [-0.25, -0.2) is 0 Å². The first-order valence-electron chi connectivity index (χ1n) is 4.39. The van der Waals surface area contributed by atoms with Crippen molar-refractivity contribution in [3.05, 3.63) is 23.9 Å². The van der Waals surface area contributed by atoms with Gasteiger partial charge in [0.1, 0.15) is 0 Å². The standard InChI is InChI=1S/C10H20OSi/c1-6-10(12(3,4)5)8-7-9(2)11/h6,8-9,11H,1,7H2,2-5H3/b10-8-. The minimum Gasteiger partial charge on any atom is -0.393 e. The summed E-state index contributed by atoms with van der Waals surface area (Å²) in [6.07, 6.45) is 4.54. The molecule has 0 fully saturated rings. The monoisotopic (exact) mass is 184 g/mol. The molecule has 2 heteroatoms. The molecule has 0 aromatic rings. The zero-order chi connectivity index (χ0) is 9.78. The highest BCUT2D eigenvalue weighted by molar-refractivity contribution is 6.83. The predicted octanol–water partition coefficient (Wildman–Crippen LogP) is 2.75. The molecular weight excluding hydrogens is 164 g/mol. The third kappa shape index (κ3) is 4.52. The van der Waals surface area contributed by atoms with Crippen LogP contribution in [0.2, 0.25) is 19.6 Å². The maximum atomic E-state index is 9.10. The Kier molecular flexibility index (Phi) is 4.49. The Bertz CT molecular complexity index is 175. The van der Waals surface area contributed by atoms with Crippen LogP contribution in [-0.2, 0) is 0 Å². The van der Waals surface area contributed by atoms with Gasteiger partial charge in [-0.2, -0.15) is 0 Å². The van der Waals surface area contributed by atoms with Gasteiger partial charge in [-0.3, -0.25) is 0 Å². The summed E-state index contributed by atoms with van der Waals surface area (Å²) in [6.45, 7) is 12.4. The molecule has 0 spiro atoms. The van der Waals surface area contributed by atoms with Crippen LogP contribution in [0.5, 0.6) is 0 Å². The fourth-order valence-corrected chi connectivity index (χ4v) is 2.34. The van der Waals surface area contributed by atoms with Crippen molar-refractivity contribution in [3.63, 3.8) is 0 Å². The number of allylic oxidation sites excluding steroid dienone is 2. The van der Waals surface area contributed by atoms with E-state index < -0.39 is 8.07 Å². The number of hydrogen-bond donors (Lipinski definition) is 1. The molecule has 70 valence electrons. The van der Waals surface area contributed by atoms with E-state index >= 15 is 0 Å². The molecule has 0 aliphatic rings. The highest BCUT2D eigenvalue weighted by atomic mass is 28.3. The zero-order valence-electron chi connectivity index (χ0n) is 8.59. The molecule has 12 heavy (non-hydrogen) atoms. The molecule has 0 aliphatic heterocycles. The van der Waals surface area contributed by atoms with Crippen LogP contribution in [0.15, 0.2) is 23.9 Å². The fourth-order valence-electron chi connectivity index (χ4n) is 0.993. The van der Waals surface area contributed by atoms with Crippen molar-refractivity contribution in [2.45, 2.75) is 39.1 Å². The molecule has 0 radical (unpaired) electrons. The fraction of sp³-hybridized carbons (Fsp3) is 0.600. The van der Waals surface area contributed by atoms with Gasteiger partial charge in [-0.15, -0.1) is 0 Å². The Morgan fingerprint density at radius 2 is 2.00 bits per heavy atom. The zero-order valence-corrected chi connectivity index (χ0v) is 9.59. The molecule has 1 N–H and O–H groups in total. The molecule has 0 amide bonds. The van der Waals surface area contributed by atoms with Crippen molar-refractivity contribution >= 4 is 8.07 Å². The highest BCUT2D eigenvalue weighted by Crippen LogP contribution is 2.16. The SMILES string of the molecule is C=C/C(=C/CC(C)O)[Si](C)(C)C. The van der Waals surface area contributed by atoms with Gasteiger partial charge in [0.15, 0.2) is 0 Å². The number of aliphatic hydroxyl groups is 1. The van der Waals surface area contributed by atoms with Crippen molar-refractivity contribution in [1.29, 1.82) is 0 Å². The molecule has 0 rings (SSSR count). The third-order valence-corrected chi connectivity index (χ3v) is 3.91. The normalized spacial score (nSPS) is 15.9. The minimum absolute atomic E-state index is 0.240. The van der Waals surface area contributed by atoms with Crippen molar-refractivity contribution < 1.29 is 5.11 Å². The van der Waals surface area contributed by atoms with Gasteiger partial charge >= 0.3 is 0 Å². The second kappa shape index (κ2) is 4.63. The molecule has 0 aromatic heterocycles. The first-order valence-corrected chi connectivity index (χ1v) is 7.89. The lowest BCUT2D eigenvalue weighted by atomic mass is 10.2. The molecule has 0 saturated heterocycles. The van der Waals surface area contributed by atoms with Crippen LogP contribution < -0.4 is 0 Å². The van der Waals surface area contributed by atoms with Crippen LogP contribution in [-0.4, -0.2) is 19.3 Å². The summed E-state index contributed by atoms with van der Waals surface area (Å²) in [5.41, 5.74) is 0. The maximum absolute atomic E-state index is 9.10. The van der Waals surface area contributed by atoms with Crippen LogP contribution in [0, 0.1) is 0 Å². The molecule has 0 aromatic carbocycles. The van der Waals surface area contributed by atoms with Gasteiger partial charge in [0.2, 0.25) is 0 Å². The maximum Gasteiger partial charge on any atom is 0.0771 e. The van der Waals surface area contributed by atoms with Crippen molar-refractivity contribution in [1.82, 2.24) is 0 Å². The lowest BCUT2D eigenvalue weighted by Gasteiger charge is -2.17. The smallest absolute Gasteiger partial charge is 0.0771 e. The second-order valence-corrected chi connectivity index (χ2v) is 9.28. The molecule has 1 unspecified atom stereocenters. The Labute approximate surface area is 76.8 Å². The average Bonchev–Trinajstić information content (AvgIpc) is 1.85. The molecule has 1 nitrogen and oxygen atoms in total. The van der Waals surface area contributed by atoms with Gasteiger partial charge in [0, 0.05) is 0 Å². The highest BCUT2D eigenvalue weighted by Gasteiger charge is 2.16. The third-order valence-electron chi connectivity index (χ3n) is 1.76. The van der Waals surface area contributed by atoms with E-state index in [0.29, 0.717) is 0 Å². The van der Waals surface area contributed by atoms with Crippen LogP contribution in [0.1, 0.15) is 13.3 Å². The lowest BCUT2D eigenvalue weighted by molar-refractivity contribution is 0.198. The summed E-state index contributed by atoms with van der Waals surface area (Å²) in [6, 6.07) is 0. The largest absolute Gasteiger partial charge is 0.393 e. The predicted molar refractivity (Wildman–Crippen MR) is 57.9 cm³/mol. The first kappa shape index (κ1) is 11.7. The average molecular weight is 184 g/mol. The summed E-state index contributed by atoms with van der Waals surface area (Å²) in [5.74, 6) is 0. The number of rotatable bonds is 4. The first-order chi connectivity index (χ1) is 5.38. The Morgan fingerprint density at radius 3 is 2.25 bits per heavy atom. The van der Waals surface area contributed by atoms with Crippen LogP contribution in [0.3, 0.4) is 0 Å². The molecular formula is C10H20OSi. The minimum atomic E-state index is -1.22. The molecule has 0 heterocycles. The number of aliphatic hydroxyl groups excluding tert-OH is 1. The summed E-state index contributed by atoms with van der Waals surface area (Å²) in [5, 5.41) is 10.4. The van der Waals surface area contributed by atoms with Crippen LogP contribution >= 0.6 is 0 Å². The topological polar surface area (TPSA) is 20.2 Å². The molecule has 0 saturated carbocycles. The second-order valence-electron chi connectivity index (χ2n) is 4.20. The van der Waals surface area contributed by atoms with Gasteiger partial charge in [0.25, 0.3) is 0 Å². The summed E-state index contributed by atoms with van der Waals surface area (Å²) < 4.78 is 0. The van der Waals surface area contributed by atoms with E-state index in [0.717, 1.165) is 6.42 Å². The quantitative estimate of drug-likeness (QED) is 0.526. The molecule has 0 aliphatic carbocycles.